The van der Waals surface area contributed by atoms with E-state index in [0.29, 0.717) is 22.4 Å². The molecule has 1 aromatic carbocycles. The van der Waals surface area contributed by atoms with Crippen molar-refractivity contribution in [1.29, 1.82) is 0 Å². The molecule has 0 bridgehead atoms. The number of thiophene rings is 1. The number of benzene rings is 1. The molecular formula is C25H16N6OS. The van der Waals surface area contributed by atoms with Crippen LogP contribution < -0.4 is 5.56 Å². The van der Waals surface area contributed by atoms with Crippen LogP contribution in [0.5, 0.6) is 0 Å². The maximum Gasteiger partial charge on any atom is 0.259 e. The number of rotatable bonds is 3. The fraction of sp³-hybridized carbons (Fsp3) is 0.0400. The first-order valence-corrected chi connectivity index (χ1v) is 11.1. The summed E-state index contributed by atoms with van der Waals surface area (Å²) < 4.78 is 0. The summed E-state index contributed by atoms with van der Waals surface area (Å²) in [7, 11) is 0. The summed E-state index contributed by atoms with van der Waals surface area (Å²) in [6, 6.07) is 15.8. The fourth-order valence-electron chi connectivity index (χ4n) is 3.80. The van der Waals surface area contributed by atoms with Gasteiger partial charge in [-0.1, -0.05) is 12.1 Å². The molecule has 0 aliphatic rings. The van der Waals surface area contributed by atoms with Crippen LogP contribution in [0.15, 0.2) is 78.1 Å². The van der Waals surface area contributed by atoms with Gasteiger partial charge in [0.25, 0.3) is 5.56 Å². The summed E-state index contributed by atoms with van der Waals surface area (Å²) in [5, 5.41) is 1.02. The largest absolute Gasteiger partial charge is 0.305 e. The lowest BCUT2D eigenvalue weighted by atomic mass is 10.1. The zero-order chi connectivity index (χ0) is 22.4. The molecule has 0 spiro atoms. The smallest absolute Gasteiger partial charge is 0.259 e. The van der Waals surface area contributed by atoms with E-state index in [-0.39, 0.29) is 5.56 Å². The van der Waals surface area contributed by atoms with Gasteiger partial charge in [0, 0.05) is 34.4 Å². The second-order valence-corrected chi connectivity index (χ2v) is 8.87. The minimum Gasteiger partial charge on any atom is -0.305 e. The monoisotopic (exact) mass is 448 g/mol. The predicted octanol–water partition coefficient (Wildman–Crippen LogP) is 5.03. The van der Waals surface area contributed by atoms with Gasteiger partial charge in [0.05, 0.1) is 33.5 Å². The van der Waals surface area contributed by atoms with Gasteiger partial charge in [-0.15, -0.1) is 11.3 Å². The van der Waals surface area contributed by atoms with E-state index in [1.807, 2.05) is 30.3 Å². The zero-order valence-corrected chi connectivity index (χ0v) is 18.3. The van der Waals surface area contributed by atoms with Crippen LogP contribution in [0, 0.1) is 6.92 Å². The molecule has 0 aliphatic heterocycles. The SMILES string of the molecule is Cc1ccc(-c2nc3[nH]c(=O)c(-c4cnccn4)cc3nc2-c2ccc3ncccc3c2)s1. The van der Waals surface area contributed by atoms with E-state index in [2.05, 4.69) is 39.0 Å². The molecule has 0 unspecified atom stereocenters. The number of aryl methyl sites for hydroxylation is 1. The summed E-state index contributed by atoms with van der Waals surface area (Å²) >= 11 is 1.64. The van der Waals surface area contributed by atoms with Gasteiger partial charge in [-0.3, -0.25) is 19.7 Å². The van der Waals surface area contributed by atoms with Gasteiger partial charge in [0.2, 0.25) is 0 Å². The van der Waals surface area contributed by atoms with E-state index >= 15 is 0 Å². The third kappa shape index (κ3) is 3.46. The van der Waals surface area contributed by atoms with Gasteiger partial charge in [-0.05, 0) is 43.3 Å². The molecule has 5 aromatic heterocycles. The van der Waals surface area contributed by atoms with Crippen molar-refractivity contribution < 1.29 is 0 Å². The molecule has 158 valence electrons. The van der Waals surface area contributed by atoms with Crippen LogP contribution >= 0.6 is 11.3 Å². The second kappa shape index (κ2) is 7.68. The van der Waals surface area contributed by atoms with E-state index in [4.69, 9.17) is 9.97 Å². The molecule has 5 heterocycles. The van der Waals surface area contributed by atoms with Crippen molar-refractivity contribution in [2.45, 2.75) is 6.92 Å². The highest BCUT2D eigenvalue weighted by atomic mass is 32.1. The maximum atomic E-state index is 12.8. The molecule has 0 atom stereocenters. The molecule has 8 heteroatoms. The Balaban J connectivity index is 1.63. The number of nitrogens with one attached hydrogen (secondary N) is 1. The first kappa shape index (κ1) is 19.4. The number of H-pyrrole nitrogens is 1. The maximum absolute atomic E-state index is 12.8. The van der Waals surface area contributed by atoms with E-state index in [9.17, 15) is 4.79 Å². The van der Waals surface area contributed by atoms with Crippen molar-refractivity contribution in [1.82, 2.24) is 29.9 Å². The Kier molecular flexibility index (Phi) is 4.51. The predicted molar refractivity (Wildman–Crippen MR) is 130 cm³/mol. The lowest BCUT2D eigenvalue weighted by Gasteiger charge is -2.10. The Labute approximate surface area is 191 Å². The van der Waals surface area contributed by atoms with Gasteiger partial charge in [-0.2, -0.15) is 0 Å². The Morgan fingerprint density at radius 2 is 1.82 bits per heavy atom. The van der Waals surface area contributed by atoms with Crippen LogP contribution in [0.2, 0.25) is 0 Å². The van der Waals surface area contributed by atoms with Crippen molar-refractivity contribution >= 4 is 33.4 Å². The quantitative estimate of drug-likeness (QED) is 0.408. The number of nitrogens with zero attached hydrogens (tertiary/aromatic N) is 5. The van der Waals surface area contributed by atoms with E-state index in [1.54, 1.807) is 42.2 Å². The van der Waals surface area contributed by atoms with Crippen LogP contribution in [0.3, 0.4) is 0 Å². The van der Waals surface area contributed by atoms with Crippen molar-refractivity contribution in [3.63, 3.8) is 0 Å². The lowest BCUT2D eigenvalue weighted by molar-refractivity contribution is 1.16. The first-order chi connectivity index (χ1) is 16.2. The number of aromatic amines is 1. The Bertz CT molecular complexity index is 1710. The highest BCUT2D eigenvalue weighted by molar-refractivity contribution is 7.15. The highest BCUT2D eigenvalue weighted by Gasteiger charge is 2.17. The minimum atomic E-state index is -0.282. The Morgan fingerprint density at radius 3 is 2.64 bits per heavy atom. The molecule has 33 heavy (non-hydrogen) atoms. The van der Waals surface area contributed by atoms with Gasteiger partial charge in [-0.25, -0.2) is 9.97 Å². The van der Waals surface area contributed by atoms with E-state index in [1.165, 1.54) is 4.88 Å². The Morgan fingerprint density at radius 1 is 0.879 bits per heavy atom. The van der Waals surface area contributed by atoms with E-state index in [0.717, 1.165) is 32.7 Å². The number of pyridine rings is 2. The van der Waals surface area contributed by atoms with Crippen LogP contribution in [-0.2, 0) is 0 Å². The van der Waals surface area contributed by atoms with Crippen molar-refractivity contribution in [3.8, 4) is 33.1 Å². The molecular weight excluding hydrogens is 432 g/mol. The summed E-state index contributed by atoms with van der Waals surface area (Å²) in [6.07, 6.45) is 6.47. The summed E-state index contributed by atoms with van der Waals surface area (Å²) in [4.78, 5) is 40.4. The Hall–Kier alpha value is -4.30. The molecule has 0 saturated carbocycles. The topological polar surface area (TPSA) is 97.3 Å². The van der Waals surface area contributed by atoms with Gasteiger partial charge < -0.3 is 4.98 Å². The van der Waals surface area contributed by atoms with Gasteiger partial charge >= 0.3 is 0 Å². The highest BCUT2D eigenvalue weighted by Crippen LogP contribution is 2.35. The number of hydrogen-bond acceptors (Lipinski definition) is 7. The molecule has 0 saturated heterocycles. The molecule has 6 rings (SSSR count). The minimum absolute atomic E-state index is 0.282. The first-order valence-electron chi connectivity index (χ1n) is 10.3. The average molecular weight is 449 g/mol. The third-order valence-corrected chi connectivity index (χ3v) is 6.38. The lowest BCUT2D eigenvalue weighted by Crippen LogP contribution is -2.11. The third-order valence-electron chi connectivity index (χ3n) is 5.37. The molecule has 0 radical (unpaired) electrons. The van der Waals surface area contributed by atoms with Crippen LogP contribution in [0.4, 0.5) is 0 Å². The van der Waals surface area contributed by atoms with Gasteiger partial charge in [0.15, 0.2) is 5.65 Å². The number of aromatic nitrogens is 6. The standard InChI is InChI=1S/C25H16N6OS/c1-14-4-7-21(33-14)23-22(16-5-6-18-15(11-16)3-2-8-27-18)29-19-12-17(20-13-26-9-10-28-20)25(32)31-24(19)30-23/h2-13H,1H3,(H,30,31,32). The van der Waals surface area contributed by atoms with Crippen LogP contribution in [-0.4, -0.2) is 29.9 Å². The van der Waals surface area contributed by atoms with Crippen LogP contribution in [0.25, 0.3) is 55.2 Å². The normalized spacial score (nSPS) is 11.3. The average Bonchev–Trinajstić information content (AvgIpc) is 3.29. The molecule has 1 N–H and O–H groups in total. The summed E-state index contributed by atoms with van der Waals surface area (Å²) in [5.74, 6) is 0. The van der Waals surface area contributed by atoms with Crippen molar-refractivity contribution in [2.24, 2.45) is 0 Å². The van der Waals surface area contributed by atoms with Crippen molar-refractivity contribution in [2.75, 3.05) is 0 Å². The molecule has 0 fully saturated rings. The van der Waals surface area contributed by atoms with Gasteiger partial charge in [0.1, 0.15) is 11.2 Å². The van der Waals surface area contributed by atoms with Crippen molar-refractivity contribution in [3.05, 3.63) is 88.5 Å². The molecule has 7 nitrogen and oxygen atoms in total. The number of fused-ring (bicyclic) bond motifs is 2. The molecule has 0 aliphatic carbocycles. The molecule has 0 amide bonds. The summed E-state index contributed by atoms with van der Waals surface area (Å²) in [6.45, 7) is 2.05. The van der Waals surface area contributed by atoms with E-state index < -0.39 is 0 Å². The fourth-order valence-corrected chi connectivity index (χ4v) is 4.66. The molecule has 6 aromatic rings. The summed E-state index contributed by atoms with van der Waals surface area (Å²) in [5.41, 5.74) is 4.93. The van der Waals surface area contributed by atoms with Crippen LogP contribution in [0.1, 0.15) is 4.88 Å². The zero-order valence-electron chi connectivity index (χ0n) is 17.5. The number of hydrogen-bond donors (Lipinski definition) is 1. The second-order valence-electron chi connectivity index (χ2n) is 7.58.